The van der Waals surface area contributed by atoms with Gasteiger partial charge in [0.25, 0.3) is 5.25 Å². The molecule has 0 aliphatic rings. The van der Waals surface area contributed by atoms with E-state index in [1.54, 1.807) is 6.92 Å². The first kappa shape index (κ1) is 9.21. The van der Waals surface area contributed by atoms with Crippen LogP contribution in [0.1, 0.15) is 19.8 Å². The van der Waals surface area contributed by atoms with E-state index in [0.29, 0.717) is 18.2 Å². The molecule has 0 amide bonds. The summed E-state index contributed by atoms with van der Waals surface area (Å²) in [7, 11) is 0. The Labute approximate surface area is 59.0 Å². The molecule has 0 saturated carbocycles. The Bertz CT molecular complexity index is 65.5. The average Bonchev–Trinajstić information content (AvgIpc) is 1.64. The maximum Gasteiger partial charge on any atom is 0.293 e. The van der Waals surface area contributed by atoms with Crippen molar-refractivity contribution in [2.24, 2.45) is 0 Å². The first-order chi connectivity index (χ1) is 4.12. The Kier molecular flexibility index (Phi) is 4.19. The largest absolute Gasteiger partial charge is 0.293 e. The van der Waals surface area contributed by atoms with Gasteiger partial charge in [-0.1, -0.05) is 18.7 Å². The molecule has 0 aromatic rings. The Morgan fingerprint density at radius 1 is 1.56 bits per heavy atom. The molecule has 3 heteroatoms. The molecule has 0 rings (SSSR count). The number of alkyl halides is 2. The summed E-state index contributed by atoms with van der Waals surface area (Å²) in [4.78, 5) is 0. The summed E-state index contributed by atoms with van der Waals surface area (Å²) in [6, 6.07) is 0. The molecule has 0 aromatic carbocycles. The molecule has 0 saturated heterocycles. The zero-order chi connectivity index (χ0) is 7.33. The van der Waals surface area contributed by atoms with Crippen molar-refractivity contribution in [3.05, 3.63) is 6.92 Å². The molecule has 0 N–H and O–H groups in total. The van der Waals surface area contributed by atoms with E-state index in [9.17, 15) is 8.78 Å². The lowest BCUT2D eigenvalue weighted by molar-refractivity contribution is 0.0950. The summed E-state index contributed by atoms with van der Waals surface area (Å²) >= 11 is 0.614. The van der Waals surface area contributed by atoms with Crippen LogP contribution in [0.15, 0.2) is 0 Å². The fraction of sp³-hybridized carbons (Fsp3) is 0.833. The molecule has 0 bridgehead atoms. The Morgan fingerprint density at radius 3 is 2.44 bits per heavy atom. The van der Waals surface area contributed by atoms with Crippen LogP contribution in [-0.2, 0) is 0 Å². The summed E-state index contributed by atoms with van der Waals surface area (Å²) in [5.41, 5.74) is 0. The van der Waals surface area contributed by atoms with Crippen LogP contribution in [0.4, 0.5) is 8.78 Å². The van der Waals surface area contributed by atoms with Crippen LogP contribution < -0.4 is 0 Å². The molecule has 0 atom stereocenters. The van der Waals surface area contributed by atoms with E-state index in [2.05, 4.69) is 6.92 Å². The van der Waals surface area contributed by atoms with Gasteiger partial charge in [0.05, 0.1) is 0 Å². The first-order valence-electron chi connectivity index (χ1n) is 2.93. The van der Waals surface area contributed by atoms with Gasteiger partial charge in [0.15, 0.2) is 0 Å². The SMILES string of the molecule is [CH2]CSC(F)(F)CCC. The second-order valence-electron chi connectivity index (χ2n) is 1.74. The molecule has 0 aliphatic carbocycles. The molecular weight excluding hydrogens is 142 g/mol. The normalized spacial score (nSPS) is 12.0. The molecule has 1 radical (unpaired) electrons. The second kappa shape index (κ2) is 4.09. The van der Waals surface area contributed by atoms with Gasteiger partial charge in [-0.05, 0) is 19.1 Å². The topological polar surface area (TPSA) is 0 Å². The molecule has 0 unspecified atom stereocenters. The molecule has 0 nitrogen and oxygen atoms in total. The van der Waals surface area contributed by atoms with E-state index >= 15 is 0 Å². The van der Waals surface area contributed by atoms with Crippen molar-refractivity contribution >= 4 is 11.8 Å². The first-order valence-corrected chi connectivity index (χ1v) is 3.92. The molecule has 55 valence electrons. The molecule has 0 aromatic heterocycles. The fourth-order valence-electron chi connectivity index (χ4n) is 0.513. The van der Waals surface area contributed by atoms with Crippen molar-refractivity contribution < 1.29 is 8.78 Å². The summed E-state index contributed by atoms with van der Waals surface area (Å²) < 4.78 is 24.7. The summed E-state index contributed by atoms with van der Waals surface area (Å²) in [5, 5.41) is -2.55. The lowest BCUT2D eigenvalue weighted by atomic mass is 10.3. The highest BCUT2D eigenvalue weighted by Gasteiger charge is 2.26. The summed E-state index contributed by atoms with van der Waals surface area (Å²) in [6.07, 6.45) is 0.493. The highest BCUT2D eigenvalue weighted by atomic mass is 32.2. The number of rotatable bonds is 4. The second-order valence-corrected chi connectivity index (χ2v) is 3.03. The fourth-order valence-corrected chi connectivity index (χ4v) is 1.16. The Balaban J connectivity index is 3.43. The van der Waals surface area contributed by atoms with Gasteiger partial charge in [-0.15, -0.1) is 0 Å². The molecule has 0 fully saturated rings. The zero-order valence-corrected chi connectivity index (χ0v) is 6.31. The van der Waals surface area contributed by atoms with Crippen molar-refractivity contribution in [3.8, 4) is 0 Å². The highest BCUT2D eigenvalue weighted by molar-refractivity contribution is 8.00. The minimum absolute atomic E-state index is 0.0345. The number of hydrogen-bond donors (Lipinski definition) is 0. The minimum Gasteiger partial charge on any atom is -0.194 e. The van der Waals surface area contributed by atoms with Gasteiger partial charge in [0.2, 0.25) is 0 Å². The lowest BCUT2D eigenvalue weighted by Crippen LogP contribution is -2.09. The predicted octanol–water partition coefficient (Wildman–Crippen LogP) is 2.95. The van der Waals surface area contributed by atoms with E-state index in [4.69, 9.17) is 0 Å². The van der Waals surface area contributed by atoms with Crippen LogP contribution in [0.25, 0.3) is 0 Å². The minimum atomic E-state index is -2.55. The van der Waals surface area contributed by atoms with Crippen LogP contribution in [-0.4, -0.2) is 11.0 Å². The zero-order valence-electron chi connectivity index (χ0n) is 5.49. The lowest BCUT2D eigenvalue weighted by Gasteiger charge is -2.12. The van der Waals surface area contributed by atoms with Gasteiger partial charge in [-0.25, -0.2) is 0 Å². The van der Waals surface area contributed by atoms with Crippen LogP contribution in [0.3, 0.4) is 0 Å². The van der Waals surface area contributed by atoms with E-state index < -0.39 is 5.25 Å². The summed E-state index contributed by atoms with van der Waals surface area (Å²) in [5.74, 6) is 0.243. The maximum atomic E-state index is 12.3. The quantitative estimate of drug-likeness (QED) is 0.598. The molecule has 9 heavy (non-hydrogen) atoms. The van der Waals surface area contributed by atoms with E-state index in [0.717, 1.165) is 0 Å². The van der Waals surface area contributed by atoms with Crippen LogP contribution >= 0.6 is 11.8 Å². The number of thioether (sulfide) groups is 1. The van der Waals surface area contributed by atoms with Crippen molar-refractivity contribution in [1.82, 2.24) is 0 Å². The van der Waals surface area contributed by atoms with Crippen LogP contribution in [0.5, 0.6) is 0 Å². The standard InChI is InChI=1S/C6H11F2S/c1-3-5-6(7,8)9-4-2/h2-5H2,1H3. The molecule has 0 spiro atoms. The van der Waals surface area contributed by atoms with E-state index in [-0.39, 0.29) is 12.2 Å². The summed E-state index contributed by atoms with van der Waals surface area (Å²) in [6.45, 7) is 5.08. The van der Waals surface area contributed by atoms with Crippen LogP contribution in [0.2, 0.25) is 0 Å². The highest BCUT2D eigenvalue weighted by Crippen LogP contribution is 2.32. The smallest absolute Gasteiger partial charge is 0.194 e. The van der Waals surface area contributed by atoms with Gasteiger partial charge in [0, 0.05) is 6.42 Å². The molecular formula is C6H11F2S. The molecule has 0 heterocycles. The van der Waals surface area contributed by atoms with E-state index in [1.165, 1.54) is 0 Å². The van der Waals surface area contributed by atoms with Gasteiger partial charge in [-0.2, -0.15) is 8.78 Å². The number of halogens is 2. The third-order valence-corrected chi connectivity index (χ3v) is 1.68. The monoisotopic (exact) mass is 153 g/mol. The van der Waals surface area contributed by atoms with Crippen molar-refractivity contribution in [2.45, 2.75) is 25.0 Å². The van der Waals surface area contributed by atoms with Gasteiger partial charge < -0.3 is 0 Å². The maximum absolute atomic E-state index is 12.3. The van der Waals surface area contributed by atoms with Crippen LogP contribution in [0, 0.1) is 6.92 Å². The Morgan fingerprint density at radius 2 is 2.11 bits per heavy atom. The third-order valence-electron chi connectivity index (χ3n) is 0.854. The van der Waals surface area contributed by atoms with Crippen molar-refractivity contribution in [2.75, 3.05) is 5.75 Å². The average molecular weight is 153 g/mol. The van der Waals surface area contributed by atoms with Gasteiger partial charge in [0.1, 0.15) is 0 Å². The Hall–Kier alpha value is 0.210. The predicted molar refractivity (Wildman–Crippen MR) is 37.7 cm³/mol. The number of hydrogen-bond acceptors (Lipinski definition) is 1. The third kappa shape index (κ3) is 4.70. The van der Waals surface area contributed by atoms with Gasteiger partial charge >= 0.3 is 0 Å². The van der Waals surface area contributed by atoms with Crippen molar-refractivity contribution in [3.63, 3.8) is 0 Å². The van der Waals surface area contributed by atoms with E-state index in [1.807, 2.05) is 0 Å². The van der Waals surface area contributed by atoms with Gasteiger partial charge in [-0.3, -0.25) is 0 Å². The van der Waals surface area contributed by atoms with Crippen molar-refractivity contribution in [1.29, 1.82) is 0 Å². The molecule has 0 aliphatic heterocycles.